The molecule has 0 aromatic heterocycles. The van der Waals surface area contributed by atoms with Crippen molar-refractivity contribution in [1.82, 2.24) is 5.32 Å². The first-order valence-electron chi connectivity index (χ1n) is 27.7. The highest BCUT2D eigenvalue weighted by atomic mass is 16.5. The summed E-state index contributed by atoms with van der Waals surface area (Å²) in [5.74, 6) is -0.0873. The van der Waals surface area contributed by atoms with E-state index in [0.29, 0.717) is 25.9 Å². The number of hydrogen-bond acceptors (Lipinski definition) is 5. The van der Waals surface area contributed by atoms with Gasteiger partial charge in [0, 0.05) is 12.8 Å². The van der Waals surface area contributed by atoms with Gasteiger partial charge in [-0.1, -0.05) is 224 Å². The molecule has 0 aliphatic carbocycles. The van der Waals surface area contributed by atoms with Crippen molar-refractivity contribution >= 4 is 11.9 Å². The van der Waals surface area contributed by atoms with E-state index in [1.165, 1.54) is 173 Å². The van der Waals surface area contributed by atoms with Crippen molar-refractivity contribution in [1.29, 1.82) is 0 Å². The Labute approximate surface area is 392 Å². The van der Waals surface area contributed by atoms with Gasteiger partial charge in [-0.05, 0) is 89.9 Å². The molecule has 2 atom stereocenters. The highest BCUT2D eigenvalue weighted by Crippen LogP contribution is 2.16. The predicted octanol–water partition coefficient (Wildman–Crippen LogP) is 16.9. The molecule has 370 valence electrons. The summed E-state index contributed by atoms with van der Waals surface area (Å²) in [6, 6.07) is -0.561. The normalized spacial score (nSPS) is 12.9. The van der Waals surface area contributed by atoms with Crippen LogP contribution in [0.5, 0.6) is 0 Å². The lowest BCUT2D eigenvalue weighted by Gasteiger charge is -2.22. The Morgan fingerprint density at radius 3 is 1.25 bits per heavy atom. The number of carbonyl (C=O) groups is 2. The van der Waals surface area contributed by atoms with Crippen molar-refractivity contribution in [3.63, 3.8) is 0 Å². The molecule has 0 radical (unpaired) electrons. The van der Waals surface area contributed by atoms with Gasteiger partial charge in [-0.3, -0.25) is 9.59 Å². The molecule has 0 spiro atoms. The SMILES string of the molecule is CCCCC/C=C\C/C=C\CCCCCCCCCCCC(=O)OCCCCC/C=C\CCCCCCCC(=O)NC(CO)C(O)CCCCCCCCCCCCCCCCC. The number of hydrogen-bond donors (Lipinski definition) is 3. The molecule has 0 heterocycles. The Morgan fingerprint density at radius 1 is 0.444 bits per heavy atom. The van der Waals surface area contributed by atoms with Crippen LogP contribution < -0.4 is 5.32 Å². The second-order valence-electron chi connectivity index (χ2n) is 18.9. The smallest absolute Gasteiger partial charge is 0.305 e. The third-order valence-electron chi connectivity index (χ3n) is 12.7. The number of unbranched alkanes of at least 4 members (excludes halogenated alkanes) is 34. The molecule has 3 N–H and O–H groups in total. The van der Waals surface area contributed by atoms with E-state index >= 15 is 0 Å². The number of allylic oxidation sites excluding steroid dienone is 6. The maximum Gasteiger partial charge on any atom is 0.305 e. The molecule has 1 amide bonds. The number of carbonyl (C=O) groups excluding carboxylic acids is 2. The number of nitrogens with one attached hydrogen (secondary N) is 1. The maximum atomic E-state index is 12.5. The molecule has 0 aliphatic rings. The lowest BCUT2D eigenvalue weighted by Crippen LogP contribution is -2.45. The van der Waals surface area contributed by atoms with E-state index in [-0.39, 0.29) is 18.5 Å². The molecular formula is C57H107NO5. The van der Waals surface area contributed by atoms with Crippen molar-refractivity contribution in [3.8, 4) is 0 Å². The molecule has 0 rings (SSSR count). The number of esters is 1. The zero-order valence-electron chi connectivity index (χ0n) is 42.1. The van der Waals surface area contributed by atoms with E-state index < -0.39 is 12.1 Å². The van der Waals surface area contributed by atoms with Gasteiger partial charge in [-0.2, -0.15) is 0 Å². The molecule has 2 unspecified atom stereocenters. The van der Waals surface area contributed by atoms with Gasteiger partial charge in [0.1, 0.15) is 0 Å². The molecular weight excluding hydrogens is 779 g/mol. The Kier molecular flexibility index (Phi) is 51.1. The van der Waals surface area contributed by atoms with Crippen LogP contribution in [0.2, 0.25) is 0 Å². The van der Waals surface area contributed by atoms with Crippen LogP contribution in [0.3, 0.4) is 0 Å². The summed E-state index contributed by atoms with van der Waals surface area (Å²) in [4.78, 5) is 24.5. The molecule has 0 saturated heterocycles. The zero-order chi connectivity index (χ0) is 45.8. The summed E-state index contributed by atoms with van der Waals surface area (Å²) in [5.41, 5.74) is 0. The molecule has 6 nitrogen and oxygen atoms in total. The monoisotopic (exact) mass is 886 g/mol. The van der Waals surface area contributed by atoms with Crippen molar-refractivity contribution in [3.05, 3.63) is 36.5 Å². The Bertz CT molecular complexity index is 1020. The molecule has 0 aromatic carbocycles. The minimum absolute atomic E-state index is 0.0266. The largest absolute Gasteiger partial charge is 0.466 e. The second kappa shape index (κ2) is 52.7. The van der Waals surface area contributed by atoms with Gasteiger partial charge in [-0.25, -0.2) is 0 Å². The zero-order valence-corrected chi connectivity index (χ0v) is 42.1. The standard InChI is InChI=1S/C57H107NO5/c1-3-5-7-9-11-13-15-17-19-20-21-22-24-26-31-35-39-43-47-51-57(62)63-52-48-44-40-36-32-28-27-30-34-38-42-46-50-56(61)58-54(53-59)55(60)49-45-41-37-33-29-25-23-18-16-14-12-10-8-6-4-2/h11,13,17,19,28,32,54-55,59-60H,3-10,12,14-16,18,20-27,29-31,33-53H2,1-2H3,(H,58,61)/b13-11-,19-17-,32-28-. The third kappa shape index (κ3) is 49.4. The number of aliphatic hydroxyl groups excluding tert-OH is 2. The quantitative estimate of drug-likeness (QED) is 0.0321. The highest BCUT2D eigenvalue weighted by molar-refractivity contribution is 5.76. The first kappa shape index (κ1) is 61.1. The van der Waals surface area contributed by atoms with Gasteiger partial charge in [0.15, 0.2) is 0 Å². The predicted molar refractivity (Wildman–Crippen MR) is 273 cm³/mol. The van der Waals surface area contributed by atoms with Gasteiger partial charge >= 0.3 is 5.97 Å². The van der Waals surface area contributed by atoms with Crippen LogP contribution >= 0.6 is 0 Å². The Morgan fingerprint density at radius 2 is 0.794 bits per heavy atom. The van der Waals surface area contributed by atoms with E-state index in [2.05, 4.69) is 55.6 Å². The fourth-order valence-corrected chi connectivity index (χ4v) is 8.37. The molecule has 0 saturated carbocycles. The third-order valence-corrected chi connectivity index (χ3v) is 12.7. The summed E-state index contributed by atoms with van der Waals surface area (Å²) in [6.45, 7) is 4.87. The van der Waals surface area contributed by atoms with Gasteiger partial charge in [0.25, 0.3) is 0 Å². The average Bonchev–Trinajstić information content (AvgIpc) is 3.28. The first-order valence-corrected chi connectivity index (χ1v) is 27.7. The van der Waals surface area contributed by atoms with E-state index in [0.717, 1.165) is 83.5 Å². The van der Waals surface area contributed by atoms with Gasteiger partial charge in [-0.15, -0.1) is 0 Å². The molecule has 63 heavy (non-hydrogen) atoms. The van der Waals surface area contributed by atoms with Crippen molar-refractivity contribution in [2.24, 2.45) is 0 Å². The van der Waals surface area contributed by atoms with Crippen LogP contribution in [-0.4, -0.2) is 47.4 Å². The highest BCUT2D eigenvalue weighted by Gasteiger charge is 2.20. The van der Waals surface area contributed by atoms with E-state index in [9.17, 15) is 19.8 Å². The van der Waals surface area contributed by atoms with E-state index in [4.69, 9.17) is 4.74 Å². The Hall–Kier alpha value is -1.92. The molecule has 6 heteroatoms. The van der Waals surface area contributed by atoms with Crippen LogP contribution in [-0.2, 0) is 14.3 Å². The number of ether oxygens (including phenoxy) is 1. The van der Waals surface area contributed by atoms with Crippen LogP contribution in [0.1, 0.15) is 290 Å². The lowest BCUT2D eigenvalue weighted by atomic mass is 10.0. The topological polar surface area (TPSA) is 95.9 Å². The average molecular weight is 886 g/mol. The van der Waals surface area contributed by atoms with Crippen LogP contribution in [0.25, 0.3) is 0 Å². The van der Waals surface area contributed by atoms with Crippen LogP contribution in [0.15, 0.2) is 36.5 Å². The van der Waals surface area contributed by atoms with Gasteiger partial charge in [0.05, 0.1) is 25.4 Å². The summed E-state index contributed by atoms with van der Waals surface area (Å²) >= 11 is 0. The number of rotatable bonds is 51. The van der Waals surface area contributed by atoms with E-state index in [1.807, 2.05) is 0 Å². The van der Waals surface area contributed by atoms with Crippen LogP contribution in [0, 0.1) is 0 Å². The molecule has 0 aromatic rings. The minimum Gasteiger partial charge on any atom is -0.466 e. The molecule has 0 bridgehead atoms. The summed E-state index contributed by atoms with van der Waals surface area (Å²) in [6.07, 6.45) is 64.1. The minimum atomic E-state index is -0.681. The number of aliphatic hydroxyl groups is 2. The summed E-state index contributed by atoms with van der Waals surface area (Å²) < 4.78 is 5.46. The first-order chi connectivity index (χ1) is 31.0. The number of amides is 1. The van der Waals surface area contributed by atoms with Gasteiger partial charge < -0.3 is 20.3 Å². The summed E-state index contributed by atoms with van der Waals surface area (Å²) in [5, 5.41) is 23.2. The fourth-order valence-electron chi connectivity index (χ4n) is 8.37. The van der Waals surface area contributed by atoms with Crippen molar-refractivity contribution in [2.75, 3.05) is 13.2 Å². The second-order valence-corrected chi connectivity index (χ2v) is 18.9. The lowest BCUT2D eigenvalue weighted by molar-refractivity contribution is -0.143. The van der Waals surface area contributed by atoms with Gasteiger partial charge in [0.2, 0.25) is 5.91 Å². The van der Waals surface area contributed by atoms with Crippen LogP contribution in [0.4, 0.5) is 0 Å². The molecule has 0 fully saturated rings. The maximum absolute atomic E-state index is 12.5. The Balaban J connectivity index is 3.49. The summed E-state index contributed by atoms with van der Waals surface area (Å²) in [7, 11) is 0. The van der Waals surface area contributed by atoms with Crippen molar-refractivity contribution < 1.29 is 24.5 Å². The van der Waals surface area contributed by atoms with Crippen molar-refractivity contribution in [2.45, 2.75) is 302 Å². The molecule has 0 aliphatic heterocycles. The van der Waals surface area contributed by atoms with E-state index in [1.54, 1.807) is 0 Å². The fraction of sp³-hybridized carbons (Fsp3) is 0.860.